The van der Waals surface area contributed by atoms with Gasteiger partial charge < -0.3 is 19.7 Å². The van der Waals surface area contributed by atoms with E-state index in [1.54, 1.807) is 12.0 Å². The van der Waals surface area contributed by atoms with Crippen LogP contribution in [0.5, 0.6) is 11.5 Å². The highest BCUT2D eigenvalue weighted by molar-refractivity contribution is 6.32. The number of aryl methyl sites for hydroxylation is 2. The van der Waals surface area contributed by atoms with E-state index >= 15 is 0 Å². The summed E-state index contributed by atoms with van der Waals surface area (Å²) in [5.41, 5.74) is 2.68. The average molecular weight is 475 g/mol. The normalized spacial score (nSPS) is 11.6. The molecular formula is C26H35ClN2O4. The second-order valence-corrected chi connectivity index (χ2v) is 8.48. The zero-order chi connectivity index (χ0) is 24.4. The van der Waals surface area contributed by atoms with Crippen molar-refractivity contribution in [2.24, 2.45) is 0 Å². The summed E-state index contributed by atoms with van der Waals surface area (Å²) in [6, 6.07) is 10.5. The zero-order valence-corrected chi connectivity index (χ0v) is 21.0. The van der Waals surface area contributed by atoms with Crippen molar-refractivity contribution in [3.05, 3.63) is 58.1 Å². The Labute approximate surface area is 202 Å². The number of rotatable bonds is 12. The third-order valence-corrected chi connectivity index (χ3v) is 6.10. The Balaban J connectivity index is 2.21. The quantitative estimate of drug-likeness (QED) is 0.436. The van der Waals surface area contributed by atoms with E-state index < -0.39 is 6.04 Å². The van der Waals surface area contributed by atoms with Crippen LogP contribution in [0.15, 0.2) is 36.4 Å². The number of hydrogen-bond acceptors (Lipinski definition) is 4. The third kappa shape index (κ3) is 7.67. The van der Waals surface area contributed by atoms with Crippen LogP contribution in [0, 0.1) is 13.8 Å². The van der Waals surface area contributed by atoms with Gasteiger partial charge in [0.05, 0.1) is 7.11 Å². The maximum Gasteiger partial charge on any atom is 0.261 e. The number of hydrogen-bond donors (Lipinski definition) is 1. The number of halogens is 1. The van der Waals surface area contributed by atoms with Crippen LogP contribution in [-0.2, 0) is 16.1 Å². The zero-order valence-electron chi connectivity index (χ0n) is 20.2. The molecule has 7 heteroatoms. The second kappa shape index (κ2) is 13.1. The van der Waals surface area contributed by atoms with Crippen molar-refractivity contribution in [1.29, 1.82) is 0 Å². The van der Waals surface area contributed by atoms with Crippen LogP contribution in [0.4, 0.5) is 0 Å². The van der Waals surface area contributed by atoms with Gasteiger partial charge in [-0.15, -0.1) is 0 Å². The monoisotopic (exact) mass is 474 g/mol. The number of amides is 2. The number of unbranched alkanes of at least 4 members (excludes halogenated alkanes) is 1. The van der Waals surface area contributed by atoms with Crippen LogP contribution >= 0.6 is 11.6 Å². The number of nitrogens with one attached hydrogen (secondary N) is 1. The number of methoxy groups -OCH3 is 1. The van der Waals surface area contributed by atoms with E-state index in [0.29, 0.717) is 30.3 Å². The van der Waals surface area contributed by atoms with Gasteiger partial charge in [-0.2, -0.15) is 0 Å². The average Bonchev–Trinajstić information content (AvgIpc) is 2.81. The van der Waals surface area contributed by atoms with Gasteiger partial charge in [-0.1, -0.05) is 44.0 Å². The van der Waals surface area contributed by atoms with Crippen LogP contribution in [0.25, 0.3) is 0 Å². The molecule has 0 aliphatic heterocycles. The molecule has 0 saturated heterocycles. The molecule has 0 bridgehead atoms. The fourth-order valence-corrected chi connectivity index (χ4v) is 3.68. The molecule has 0 fully saturated rings. The van der Waals surface area contributed by atoms with Crippen molar-refractivity contribution >= 4 is 23.4 Å². The molecule has 0 spiro atoms. The van der Waals surface area contributed by atoms with E-state index in [1.165, 1.54) is 0 Å². The lowest BCUT2D eigenvalue weighted by atomic mass is 10.1. The first-order valence-corrected chi connectivity index (χ1v) is 11.8. The molecule has 1 atom stereocenters. The molecule has 0 heterocycles. The maximum atomic E-state index is 13.3. The van der Waals surface area contributed by atoms with Crippen LogP contribution in [-0.4, -0.2) is 43.0 Å². The smallest absolute Gasteiger partial charge is 0.261 e. The van der Waals surface area contributed by atoms with Crippen molar-refractivity contribution in [2.45, 2.75) is 59.5 Å². The predicted octanol–water partition coefficient (Wildman–Crippen LogP) is 5.07. The minimum atomic E-state index is -0.589. The summed E-state index contributed by atoms with van der Waals surface area (Å²) in [7, 11) is 1.61. The lowest BCUT2D eigenvalue weighted by Gasteiger charge is -2.30. The summed E-state index contributed by atoms with van der Waals surface area (Å²) < 4.78 is 11.0. The topological polar surface area (TPSA) is 67.9 Å². The molecule has 6 nitrogen and oxygen atoms in total. The Morgan fingerprint density at radius 2 is 1.70 bits per heavy atom. The molecule has 180 valence electrons. The lowest BCUT2D eigenvalue weighted by molar-refractivity contribution is -0.143. The van der Waals surface area contributed by atoms with Gasteiger partial charge in [-0.05, 0) is 67.6 Å². The van der Waals surface area contributed by atoms with Crippen LogP contribution in [0.1, 0.15) is 49.8 Å². The molecule has 0 aliphatic carbocycles. The fourth-order valence-electron chi connectivity index (χ4n) is 3.57. The van der Waals surface area contributed by atoms with Gasteiger partial charge in [0.1, 0.15) is 17.5 Å². The number of benzene rings is 2. The van der Waals surface area contributed by atoms with Crippen molar-refractivity contribution < 1.29 is 19.1 Å². The number of carbonyl (C=O) groups excluding carboxylic acids is 2. The summed E-state index contributed by atoms with van der Waals surface area (Å²) in [5.74, 6) is 0.907. The van der Waals surface area contributed by atoms with E-state index in [4.69, 9.17) is 21.1 Å². The molecule has 0 unspecified atom stereocenters. The van der Waals surface area contributed by atoms with Crippen LogP contribution in [0.2, 0.25) is 5.02 Å². The molecule has 2 rings (SSSR count). The first kappa shape index (κ1) is 26.5. The van der Waals surface area contributed by atoms with Gasteiger partial charge in [0.2, 0.25) is 5.91 Å². The summed E-state index contributed by atoms with van der Waals surface area (Å²) in [5, 5.41) is 3.65. The Kier molecular flexibility index (Phi) is 10.5. The summed E-state index contributed by atoms with van der Waals surface area (Å²) in [6.07, 6.45) is 2.38. The predicted molar refractivity (Wildman–Crippen MR) is 132 cm³/mol. The standard InChI is InChI=1S/C26H35ClN2O4/c1-6-8-13-28-26(31)23(7-2)29(16-20-9-11-21(32-5)12-10-20)24(30)17-33-22-14-18(3)25(27)19(4)15-22/h9-12,14-15,23H,6-8,13,16-17H2,1-5H3,(H,28,31)/t23-/m0/s1. The number of ether oxygens (including phenoxy) is 2. The second-order valence-electron chi connectivity index (χ2n) is 8.10. The van der Waals surface area contributed by atoms with E-state index in [2.05, 4.69) is 12.2 Å². The third-order valence-electron chi connectivity index (χ3n) is 5.50. The van der Waals surface area contributed by atoms with Gasteiger partial charge in [0, 0.05) is 18.1 Å². The van der Waals surface area contributed by atoms with Crippen molar-refractivity contribution in [1.82, 2.24) is 10.2 Å². The molecule has 2 aromatic carbocycles. The van der Waals surface area contributed by atoms with Gasteiger partial charge in [-0.3, -0.25) is 9.59 Å². The minimum absolute atomic E-state index is 0.147. The SMILES string of the molecule is CCCCNC(=O)[C@H](CC)N(Cc1ccc(OC)cc1)C(=O)COc1cc(C)c(Cl)c(C)c1. The molecular weight excluding hydrogens is 440 g/mol. The molecule has 0 aliphatic rings. The summed E-state index contributed by atoms with van der Waals surface area (Å²) in [4.78, 5) is 27.8. The van der Waals surface area contributed by atoms with Crippen molar-refractivity contribution in [3.8, 4) is 11.5 Å². The van der Waals surface area contributed by atoms with E-state index in [-0.39, 0.29) is 18.4 Å². The fraction of sp³-hybridized carbons (Fsp3) is 0.462. The summed E-state index contributed by atoms with van der Waals surface area (Å²) in [6.45, 7) is 8.49. The van der Waals surface area contributed by atoms with Gasteiger partial charge >= 0.3 is 0 Å². The first-order chi connectivity index (χ1) is 15.8. The molecule has 2 aromatic rings. The lowest BCUT2D eigenvalue weighted by Crippen LogP contribution is -2.50. The number of carbonyl (C=O) groups is 2. The van der Waals surface area contributed by atoms with E-state index in [9.17, 15) is 9.59 Å². The van der Waals surface area contributed by atoms with Gasteiger partial charge in [0.15, 0.2) is 6.61 Å². The van der Waals surface area contributed by atoms with Crippen LogP contribution in [0.3, 0.4) is 0 Å². The largest absolute Gasteiger partial charge is 0.497 e. The minimum Gasteiger partial charge on any atom is -0.497 e. The Bertz CT molecular complexity index is 907. The molecule has 0 saturated carbocycles. The Morgan fingerprint density at radius 1 is 1.06 bits per heavy atom. The Morgan fingerprint density at radius 3 is 2.24 bits per heavy atom. The first-order valence-electron chi connectivity index (χ1n) is 11.4. The molecule has 0 radical (unpaired) electrons. The van der Waals surface area contributed by atoms with Crippen LogP contribution < -0.4 is 14.8 Å². The molecule has 0 aromatic heterocycles. The van der Waals surface area contributed by atoms with Gasteiger partial charge in [0.25, 0.3) is 5.91 Å². The molecule has 33 heavy (non-hydrogen) atoms. The highest BCUT2D eigenvalue weighted by atomic mass is 35.5. The summed E-state index contributed by atoms with van der Waals surface area (Å²) >= 11 is 6.24. The van der Waals surface area contributed by atoms with Crippen molar-refractivity contribution in [3.63, 3.8) is 0 Å². The number of nitrogens with zero attached hydrogens (tertiary/aromatic N) is 1. The van der Waals surface area contributed by atoms with Gasteiger partial charge in [-0.25, -0.2) is 0 Å². The molecule has 1 N–H and O–H groups in total. The maximum absolute atomic E-state index is 13.3. The molecule has 2 amide bonds. The van der Waals surface area contributed by atoms with E-state index in [1.807, 2.05) is 57.2 Å². The van der Waals surface area contributed by atoms with E-state index in [0.717, 1.165) is 35.3 Å². The highest BCUT2D eigenvalue weighted by Crippen LogP contribution is 2.26. The highest BCUT2D eigenvalue weighted by Gasteiger charge is 2.28. The van der Waals surface area contributed by atoms with Crippen molar-refractivity contribution in [2.75, 3.05) is 20.3 Å². The Hall–Kier alpha value is -2.73.